The van der Waals surface area contributed by atoms with Gasteiger partial charge in [-0.05, 0) is 70.3 Å². The van der Waals surface area contributed by atoms with Crippen LogP contribution in [0.1, 0.15) is 36.2 Å². The molecule has 0 amide bonds. The molecule has 0 bridgehead atoms. The first kappa shape index (κ1) is 15.8. The molecule has 0 aliphatic carbocycles. The van der Waals surface area contributed by atoms with Gasteiger partial charge in [-0.3, -0.25) is 9.58 Å². The quantitative estimate of drug-likeness (QED) is 0.863. The molecule has 2 aliphatic heterocycles. The number of rotatable bonds is 3. The zero-order valence-corrected chi connectivity index (χ0v) is 15.1. The first-order valence-electron chi connectivity index (χ1n) is 9.00. The Labute approximate surface area is 144 Å². The van der Waals surface area contributed by atoms with Crippen LogP contribution in [0.25, 0.3) is 0 Å². The Morgan fingerprint density at radius 1 is 1.08 bits per heavy atom. The van der Waals surface area contributed by atoms with Gasteiger partial charge in [0.15, 0.2) is 0 Å². The second-order valence-electron chi connectivity index (χ2n) is 7.85. The van der Waals surface area contributed by atoms with Crippen LogP contribution < -0.4 is 0 Å². The lowest BCUT2D eigenvalue weighted by molar-refractivity contribution is 0.0898. The molecule has 6 nitrogen and oxygen atoms in total. The van der Waals surface area contributed by atoms with E-state index in [2.05, 4.69) is 51.6 Å². The average molecular weight is 328 g/mol. The summed E-state index contributed by atoms with van der Waals surface area (Å²) in [4.78, 5) is 5.17. The molecule has 24 heavy (non-hydrogen) atoms. The van der Waals surface area contributed by atoms with E-state index in [0.717, 1.165) is 6.54 Å². The standard InChI is InChI=1S/C18H28N6/c1-15-9-17(16(2)24(15)23-13-19-20-14-23)10-22-7-4-5-18(12-22)6-8-21(3)11-18/h9,13-14H,4-8,10-12H2,1-3H3. The largest absolute Gasteiger partial charge is 0.306 e. The van der Waals surface area contributed by atoms with E-state index >= 15 is 0 Å². The summed E-state index contributed by atoms with van der Waals surface area (Å²) in [6, 6.07) is 2.32. The van der Waals surface area contributed by atoms with Crippen LogP contribution in [0.4, 0.5) is 0 Å². The molecule has 0 N–H and O–H groups in total. The van der Waals surface area contributed by atoms with Crippen LogP contribution in [-0.2, 0) is 6.54 Å². The first-order chi connectivity index (χ1) is 11.6. The fraction of sp³-hybridized carbons (Fsp3) is 0.667. The molecule has 130 valence electrons. The highest BCUT2D eigenvalue weighted by Gasteiger charge is 2.40. The van der Waals surface area contributed by atoms with Crippen LogP contribution in [0.5, 0.6) is 0 Å². The molecule has 1 atom stereocenters. The minimum absolute atomic E-state index is 0.535. The van der Waals surface area contributed by atoms with Gasteiger partial charge in [0.2, 0.25) is 0 Å². The lowest BCUT2D eigenvalue weighted by Crippen LogP contribution is -2.44. The topological polar surface area (TPSA) is 42.1 Å². The van der Waals surface area contributed by atoms with Crippen molar-refractivity contribution in [3.8, 4) is 0 Å². The third-order valence-corrected chi connectivity index (χ3v) is 5.90. The summed E-state index contributed by atoms with van der Waals surface area (Å²) in [6.07, 6.45) is 7.60. The smallest absolute Gasteiger partial charge is 0.139 e. The number of hydrogen-bond donors (Lipinski definition) is 0. The lowest BCUT2D eigenvalue weighted by atomic mass is 9.79. The molecule has 4 rings (SSSR count). The van der Waals surface area contributed by atoms with Crippen molar-refractivity contribution in [2.45, 2.75) is 39.7 Å². The lowest BCUT2D eigenvalue weighted by Gasteiger charge is -2.40. The Kier molecular flexibility index (Phi) is 3.96. The minimum atomic E-state index is 0.535. The zero-order valence-electron chi connectivity index (χ0n) is 15.1. The van der Waals surface area contributed by atoms with E-state index in [9.17, 15) is 0 Å². The van der Waals surface area contributed by atoms with Crippen LogP contribution in [0.15, 0.2) is 18.7 Å². The number of piperidine rings is 1. The molecule has 1 unspecified atom stereocenters. The molecule has 2 aromatic heterocycles. The van der Waals surface area contributed by atoms with Crippen molar-refractivity contribution in [3.05, 3.63) is 35.7 Å². The molecule has 2 aromatic rings. The average Bonchev–Trinajstić information content (AvgIpc) is 3.23. The Morgan fingerprint density at radius 2 is 1.88 bits per heavy atom. The third kappa shape index (κ3) is 2.78. The van der Waals surface area contributed by atoms with Gasteiger partial charge in [-0.15, -0.1) is 10.2 Å². The van der Waals surface area contributed by atoms with Gasteiger partial charge in [0.05, 0.1) is 0 Å². The Balaban J connectivity index is 1.52. The number of nitrogens with zero attached hydrogens (tertiary/aromatic N) is 6. The van der Waals surface area contributed by atoms with Crippen molar-refractivity contribution in [3.63, 3.8) is 0 Å². The van der Waals surface area contributed by atoms with Crippen molar-refractivity contribution in [1.82, 2.24) is 29.3 Å². The van der Waals surface area contributed by atoms with Crippen LogP contribution in [0.2, 0.25) is 0 Å². The molecular formula is C18H28N6. The van der Waals surface area contributed by atoms with Gasteiger partial charge >= 0.3 is 0 Å². The molecule has 6 heteroatoms. The van der Waals surface area contributed by atoms with Crippen molar-refractivity contribution in [2.75, 3.05) is 33.2 Å². The monoisotopic (exact) mass is 328 g/mol. The van der Waals surface area contributed by atoms with E-state index in [1.807, 2.05) is 4.68 Å². The highest BCUT2D eigenvalue weighted by atomic mass is 15.5. The van der Waals surface area contributed by atoms with Crippen molar-refractivity contribution >= 4 is 0 Å². The molecule has 2 aliphatic rings. The first-order valence-corrected chi connectivity index (χ1v) is 9.00. The maximum Gasteiger partial charge on any atom is 0.139 e. The van der Waals surface area contributed by atoms with Gasteiger partial charge in [-0.1, -0.05) is 0 Å². The molecule has 2 saturated heterocycles. The predicted octanol–water partition coefficient (Wildman–Crippen LogP) is 1.93. The van der Waals surface area contributed by atoms with E-state index < -0.39 is 0 Å². The molecule has 2 fully saturated rings. The highest BCUT2D eigenvalue weighted by Crippen LogP contribution is 2.38. The minimum Gasteiger partial charge on any atom is -0.306 e. The Hall–Kier alpha value is -1.66. The number of likely N-dealkylation sites (tertiary alicyclic amines) is 2. The zero-order chi connectivity index (χ0) is 16.7. The van der Waals surface area contributed by atoms with Crippen molar-refractivity contribution in [2.24, 2.45) is 5.41 Å². The predicted molar refractivity (Wildman–Crippen MR) is 93.8 cm³/mol. The summed E-state index contributed by atoms with van der Waals surface area (Å²) in [7, 11) is 2.26. The number of hydrogen-bond acceptors (Lipinski definition) is 4. The fourth-order valence-corrected chi connectivity index (χ4v) is 4.81. The highest BCUT2D eigenvalue weighted by molar-refractivity contribution is 5.27. The van der Waals surface area contributed by atoms with E-state index in [-0.39, 0.29) is 0 Å². The van der Waals surface area contributed by atoms with Crippen LogP contribution in [0, 0.1) is 19.3 Å². The summed E-state index contributed by atoms with van der Waals surface area (Å²) in [6.45, 7) is 10.4. The van der Waals surface area contributed by atoms with Gasteiger partial charge in [0, 0.05) is 31.0 Å². The summed E-state index contributed by atoms with van der Waals surface area (Å²) in [5.74, 6) is 0. The number of aryl methyl sites for hydroxylation is 1. The van der Waals surface area contributed by atoms with Crippen LogP contribution in [0.3, 0.4) is 0 Å². The van der Waals surface area contributed by atoms with Gasteiger partial charge < -0.3 is 4.90 Å². The maximum atomic E-state index is 3.94. The van der Waals surface area contributed by atoms with Gasteiger partial charge in [0.25, 0.3) is 0 Å². The molecule has 4 heterocycles. The number of aromatic nitrogens is 4. The molecule has 0 radical (unpaired) electrons. The van der Waals surface area contributed by atoms with E-state index in [0.29, 0.717) is 5.41 Å². The Morgan fingerprint density at radius 3 is 2.58 bits per heavy atom. The van der Waals surface area contributed by atoms with E-state index in [1.54, 1.807) is 12.7 Å². The summed E-state index contributed by atoms with van der Waals surface area (Å²) in [5, 5.41) is 7.88. The molecule has 0 saturated carbocycles. The van der Waals surface area contributed by atoms with Crippen LogP contribution >= 0.6 is 0 Å². The van der Waals surface area contributed by atoms with Gasteiger partial charge in [-0.25, -0.2) is 4.68 Å². The van der Waals surface area contributed by atoms with Crippen LogP contribution in [-0.4, -0.2) is 62.6 Å². The molecular weight excluding hydrogens is 300 g/mol. The Bertz CT molecular complexity index is 699. The van der Waals surface area contributed by atoms with Gasteiger partial charge in [-0.2, -0.15) is 0 Å². The second kappa shape index (κ2) is 6.01. The van der Waals surface area contributed by atoms with Crippen molar-refractivity contribution in [1.29, 1.82) is 0 Å². The van der Waals surface area contributed by atoms with Crippen molar-refractivity contribution < 1.29 is 0 Å². The molecule has 0 aromatic carbocycles. The summed E-state index contributed by atoms with van der Waals surface area (Å²) < 4.78 is 4.15. The third-order valence-electron chi connectivity index (χ3n) is 5.90. The normalized spacial score (nSPS) is 25.8. The SMILES string of the molecule is Cc1cc(CN2CCCC3(CCN(C)C3)C2)c(C)n1-n1cnnc1. The summed E-state index contributed by atoms with van der Waals surface area (Å²) >= 11 is 0. The molecule has 1 spiro atoms. The van der Waals surface area contributed by atoms with E-state index in [4.69, 9.17) is 0 Å². The second-order valence-corrected chi connectivity index (χ2v) is 7.85. The maximum absolute atomic E-state index is 3.94. The fourth-order valence-electron chi connectivity index (χ4n) is 4.81. The van der Waals surface area contributed by atoms with E-state index in [1.165, 1.54) is 62.4 Å². The summed E-state index contributed by atoms with van der Waals surface area (Å²) in [5.41, 5.74) is 4.47. The van der Waals surface area contributed by atoms with Gasteiger partial charge in [0.1, 0.15) is 12.7 Å².